The van der Waals surface area contributed by atoms with Gasteiger partial charge in [-0.15, -0.1) is 0 Å². The number of hydrogen-bond acceptors (Lipinski definition) is 4. The third-order valence-corrected chi connectivity index (χ3v) is 4.68. The number of nitrogens with one attached hydrogen (secondary N) is 1. The highest BCUT2D eigenvalue weighted by Gasteiger charge is 2.33. The van der Waals surface area contributed by atoms with E-state index in [0.29, 0.717) is 12.1 Å². The second-order valence-corrected chi connectivity index (χ2v) is 6.34. The second-order valence-electron chi connectivity index (χ2n) is 6.34. The number of fused-ring (bicyclic) bond motifs is 1. The second kappa shape index (κ2) is 6.68. The molecule has 2 aromatic heterocycles. The van der Waals surface area contributed by atoms with E-state index in [0.717, 1.165) is 37.3 Å². The number of pyridine rings is 1. The molecule has 2 aromatic rings. The molecule has 2 heterocycles. The number of carbonyl (C=O) groups is 1. The zero-order chi connectivity index (χ0) is 16.4. The van der Waals surface area contributed by atoms with Crippen LogP contribution in [0.5, 0.6) is 0 Å². The Morgan fingerprint density at radius 2 is 2.26 bits per heavy atom. The van der Waals surface area contributed by atoms with Crippen molar-refractivity contribution in [3.63, 3.8) is 0 Å². The van der Waals surface area contributed by atoms with Crippen LogP contribution < -0.4 is 5.32 Å². The summed E-state index contributed by atoms with van der Waals surface area (Å²) in [5.41, 5.74) is 3.34. The average Bonchev–Trinajstić information content (AvgIpc) is 2.86. The van der Waals surface area contributed by atoms with Gasteiger partial charge in [0.1, 0.15) is 5.65 Å². The Labute approximate surface area is 136 Å². The van der Waals surface area contributed by atoms with E-state index in [1.54, 1.807) is 0 Å². The number of likely N-dealkylation sites (N-methyl/N-ethyl adjacent to an activating group) is 1. The number of nitrogens with zero attached hydrogens (tertiary/aromatic N) is 3. The Bertz CT molecular complexity index is 691. The number of hydrogen-bond donors (Lipinski definition) is 2. The number of carboxylic acid groups (broad SMARTS) is 1. The van der Waals surface area contributed by atoms with Gasteiger partial charge in [-0.3, -0.25) is 9.69 Å². The van der Waals surface area contributed by atoms with Gasteiger partial charge in [0.15, 0.2) is 0 Å². The van der Waals surface area contributed by atoms with Gasteiger partial charge in [0, 0.05) is 24.8 Å². The van der Waals surface area contributed by atoms with Crippen LogP contribution in [0.2, 0.25) is 0 Å². The molecule has 0 amide bonds. The van der Waals surface area contributed by atoms with Crippen molar-refractivity contribution >= 4 is 11.6 Å². The molecule has 0 radical (unpaired) electrons. The Morgan fingerprint density at radius 1 is 1.48 bits per heavy atom. The summed E-state index contributed by atoms with van der Waals surface area (Å²) in [6, 6.07) is 4.94. The van der Waals surface area contributed by atoms with Crippen LogP contribution in [0, 0.1) is 6.92 Å². The van der Waals surface area contributed by atoms with E-state index in [2.05, 4.69) is 33.9 Å². The average molecular weight is 316 g/mol. The number of aryl methyl sites for hydroxylation is 1. The van der Waals surface area contributed by atoms with E-state index in [9.17, 15) is 4.79 Å². The number of aliphatic carboxylic acids is 1. The van der Waals surface area contributed by atoms with Gasteiger partial charge < -0.3 is 14.8 Å². The summed E-state index contributed by atoms with van der Waals surface area (Å²) < 4.78 is 2.13. The van der Waals surface area contributed by atoms with E-state index < -0.39 is 5.97 Å². The molecule has 124 valence electrons. The topological polar surface area (TPSA) is 69.9 Å². The van der Waals surface area contributed by atoms with Crippen LogP contribution in [0.4, 0.5) is 0 Å². The van der Waals surface area contributed by atoms with Gasteiger partial charge in [-0.25, -0.2) is 4.98 Å². The van der Waals surface area contributed by atoms with E-state index >= 15 is 0 Å². The zero-order valence-electron chi connectivity index (χ0n) is 13.7. The van der Waals surface area contributed by atoms with Crippen molar-refractivity contribution in [1.29, 1.82) is 0 Å². The quantitative estimate of drug-likeness (QED) is 0.813. The monoisotopic (exact) mass is 316 g/mol. The molecule has 0 unspecified atom stereocenters. The molecule has 3 rings (SSSR count). The fraction of sp³-hybridized carbons (Fsp3) is 0.529. The first-order valence-corrected chi connectivity index (χ1v) is 8.18. The molecule has 1 aliphatic rings. The molecule has 2 N–H and O–H groups in total. The van der Waals surface area contributed by atoms with Crippen molar-refractivity contribution in [2.45, 2.75) is 45.3 Å². The summed E-state index contributed by atoms with van der Waals surface area (Å²) in [6.45, 7) is 5.81. The number of aromatic nitrogens is 2. The number of carboxylic acids is 1. The molecule has 6 nitrogen and oxygen atoms in total. The van der Waals surface area contributed by atoms with E-state index in [1.165, 1.54) is 5.56 Å². The molecule has 6 heteroatoms. The molecule has 0 aliphatic heterocycles. The molecular formula is C17H24N4O2. The molecular weight excluding hydrogens is 292 g/mol. The largest absolute Gasteiger partial charge is 0.480 e. The first kappa shape index (κ1) is 16.0. The summed E-state index contributed by atoms with van der Waals surface area (Å²) in [5.74, 6) is -0.746. The minimum Gasteiger partial charge on any atom is -0.480 e. The van der Waals surface area contributed by atoms with Gasteiger partial charge in [0.25, 0.3) is 0 Å². The van der Waals surface area contributed by atoms with Crippen LogP contribution in [0.15, 0.2) is 24.5 Å². The van der Waals surface area contributed by atoms with Gasteiger partial charge in [-0.1, -0.05) is 13.0 Å². The molecule has 0 atom stereocenters. The standard InChI is InChI=1S/C17H24N4O2/c1-3-20(11-17(22)23)14-6-13(7-14)18-8-15-9-19-16-5-4-12(2)10-21(15)16/h4-5,9-10,13-14,18H,3,6-8,11H2,1-2H3,(H,22,23). The SMILES string of the molecule is CCN(CC(=O)O)C1CC(NCc2cnc3ccc(C)cn23)C1. The maximum Gasteiger partial charge on any atom is 0.317 e. The maximum atomic E-state index is 10.9. The highest BCUT2D eigenvalue weighted by molar-refractivity contribution is 5.69. The van der Waals surface area contributed by atoms with Crippen LogP contribution in [0.3, 0.4) is 0 Å². The van der Waals surface area contributed by atoms with Gasteiger partial charge in [0.05, 0.1) is 18.4 Å². The zero-order valence-corrected chi connectivity index (χ0v) is 13.7. The fourth-order valence-electron chi connectivity index (χ4n) is 3.24. The molecule has 0 saturated heterocycles. The number of rotatable bonds is 7. The Morgan fingerprint density at radius 3 is 2.96 bits per heavy atom. The fourth-order valence-corrected chi connectivity index (χ4v) is 3.24. The van der Waals surface area contributed by atoms with Crippen LogP contribution in [0.1, 0.15) is 31.0 Å². The molecule has 1 saturated carbocycles. The molecule has 0 spiro atoms. The van der Waals surface area contributed by atoms with E-state index in [-0.39, 0.29) is 6.54 Å². The normalized spacial score (nSPS) is 20.8. The first-order chi connectivity index (χ1) is 11.1. The minimum atomic E-state index is -0.746. The van der Waals surface area contributed by atoms with Crippen molar-refractivity contribution in [2.75, 3.05) is 13.1 Å². The minimum absolute atomic E-state index is 0.139. The summed E-state index contributed by atoms with van der Waals surface area (Å²) in [6.07, 6.45) is 6.04. The van der Waals surface area contributed by atoms with Crippen molar-refractivity contribution in [3.05, 3.63) is 35.8 Å². The Balaban J connectivity index is 1.52. The third-order valence-electron chi connectivity index (χ3n) is 4.68. The van der Waals surface area contributed by atoms with Crippen molar-refractivity contribution in [1.82, 2.24) is 19.6 Å². The summed E-state index contributed by atoms with van der Waals surface area (Å²) in [5, 5.41) is 12.5. The van der Waals surface area contributed by atoms with Crippen LogP contribution in [-0.2, 0) is 11.3 Å². The summed E-state index contributed by atoms with van der Waals surface area (Å²) in [7, 11) is 0. The lowest BCUT2D eigenvalue weighted by Gasteiger charge is -2.42. The third kappa shape index (κ3) is 3.54. The van der Waals surface area contributed by atoms with Crippen molar-refractivity contribution < 1.29 is 9.90 Å². The molecule has 1 aliphatic carbocycles. The van der Waals surface area contributed by atoms with Crippen molar-refractivity contribution in [3.8, 4) is 0 Å². The van der Waals surface area contributed by atoms with Crippen LogP contribution >= 0.6 is 0 Å². The summed E-state index contributed by atoms with van der Waals surface area (Å²) in [4.78, 5) is 17.3. The van der Waals surface area contributed by atoms with Gasteiger partial charge in [-0.05, 0) is 37.9 Å². The van der Waals surface area contributed by atoms with Gasteiger partial charge in [-0.2, -0.15) is 0 Å². The molecule has 0 aromatic carbocycles. The molecule has 1 fully saturated rings. The van der Waals surface area contributed by atoms with E-state index in [1.807, 2.05) is 24.1 Å². The predicted molar refractivity (Wildman–Crippen MR) is 88.5 cm³/mol. The predicted octanol–water partition coefficient (Wildman–Crippen LogP) is 1.67. The number of imidazole rings is 1. The lowest BCUT2D eigenvalue weighted by molar-refractivity contribution is -0.139. The maximum absolute atomic E-state index is 10.9. The first-order valence-electron chi connectivity index (χ1n) is 8.18. The van der Waals surface area contributed by atoms with Gasteiger partial charge >= 0.3 is 5.97 Å². The smallest absolute Gasteiger partial charge is 0.317 e. The Kier molecular flexibility index (Phi) is 4.63. The molecule has 0 bridgehead atoms. The lowest BCUT2D eigenvalue weighted by Crippen LogP contribution is -2.53. The Hall–Kier alpha value is -1.92. The molecule has 23 heavy (non-hydrogen) atoms. The summed E-state index contributed by atoms with van der Waals surface area (Å²) >= 11 is 0. The van der Waals surface area contributed by atoms with E-state index in [4.69, 9.17) is 5.11 Å². The van der Waals surface area contributed by atoms with Crippen LogP contribution in [-0.4, -0.2) is 50.5 Å². The van der Waals surface area contributed by atoms with Crippen LogP contribution in [0.25, 0.3) is 5.65 Å². The highest BCUT2D eigenvalue weighted by Crippen LogP contribution is 2.25. The lowest BCUT2D eigenvalue weighted by atomic mass is 9.85. The van der Waals surface area contributed by atoms with Gasteiger partial charge in [0.2, 0.25) is 0 Å². The van der Waals surface area contributed by atoms with Crippen molar-refractivity contribution in [2.24, 2.45) is 0 Å². The highest BCUT2D eigenvalue weighted by atomic mass is 16.4.